The Morgan fingerprint density at radius 3 is 2.18 bits per heavy atom. The quantitative estimate of drug-likeness (QED) is 0.492. The highest BCUT2D eigenvalue weighted by Gasteiger charge is 2.20. The first-order chi connectivity index (χ1) is 13.4. The number of hydrogen-bond donors (Lipinski definition) is 0. The molecule has 0 fully saturated rings. The molecule has 0 aliphatic heterocycles. The van der Waals surface area contributed by atoms with Crippen molar-refractivity contribution in [2.45, 2.75) is 24.5 Å². The fraction of sp³-hybridized carbons (Fsp3) is 0.143. The third-order valence-corrected chi connectivity index (χ3v) is 5.98. The molecule has 0 aliphatic carbocycles. The van der Waals surface area contributed by atoms with Crippen molar-refractivity contribution in [3.8, 4) is 23.0 Å². The Morgan fingerprint density at radius 2 is 1.50 bits per heavy atom. The van der Waals surface area contributed by atoms with Crippen molar-refractivity contribution in [3.63, 3.8) is 0 Å². The second kappa shape index (κ2) is 7.09. The van der Waals surface area contributed by atoms with Crippen LogP contribution in [0.2, 0.25) is 0 Å². The molecule has 142 valence electrons. The molecule has 7 heteroatoms. The predicted octanol–water partition coefficient (Wildman–Crippen LogP) is 4.59. The fourth-order valence-electron chi connectivity index (χ4n) is 2.73. The van der Waals surface area contributed by atoms with Crippen LogP contribution in [0.3, 0.4) is 0 Å². The van der Waals surface area contributed by atoms with E-state index >= 15 is 0 Å². The molecule has 28 heavy (non-hydrogen) atoms. The Hall–Kier alpha value is -3.19. The molecule has 2 aromatic heterocycles. The van der Waals surface area contributed by atoms with Gasteiger partial charge in [0.15, 0.2) is 15.6 Å². The minimum atomic E-state index is -3.50. The first-order valence-corrected chi connectivity index (χ1v) is 10.4. The molecule has 0 atom stereocenters. The maximum Gasteiger partial charge on any atom is 0.293 e. The van der Waals surface area contributed by atoms with Crippen molar-refractivity contribution >= 4 is 9.84 Å². The lowest BCUT2D eigenvalue weighted by molar-refractivity contribution is 0.413. The molecule has 0 saturated carbocycles. The second-order valence-corrected chi connectivity index (χ2v) is 8.62. The molecule has 0 spiro atoms. The number of rotatable bonds is 5. The minimum absolute atomic E-state index is 0.203. The Labute approximate surface area is 162 Å². The number of sulfone groups is 1. The van der Waals surface area contributed by atoms with Crippen LogP contribution in [0.25, 0.3) is 23.0 Å². The van der Waals surface area contributed by atoms with E-state index in [0.717, 1.165) is 16.7 Å². The number of furan rings is 1. The van der Waals surface area contributed by atoms with Crippen molar-refractivity contribution in [2.75, 3.05) is 0 Å². The highest BCUT2D eigenvalue weighted by molar-refractivity contribution is 7.90. The molecule has 0 radical (unpaired) electrons. The van der Waals surface area contributed by atoms with Gasteiger partial charge in [-0.1, -0.05) is 52.7 Å². The number of nitrogens with zero attached hydrogens (tertiary/aromatic N) is 2. The summed E-state index contributed by atoms with van der Waals surface area (Å²) in [6, 6.07) is 17.7. The standard InChI is InChI=1S/C21H18N2O4S/c1-14-3-7-16(8-4-14)20-22-21(27-23-20)19-12-9-17(26-19)13-28(24,25)18-10-5-15(2)6-11-18/h3-12H,13H2,1-2H3. The van der Waals surface area contributed by atoms with E-state index in [1.54, 1.807) is 36.4 Å². The van der Waals surface area contributed by atoms with Gasteiger partial charge in [-0.2, -0.15) is 4.98 Å². The molecule has 0 N–H and O–H groups in total. The zero-order valence-corrected chi connectivity index (χ0v) is 16.2. The third kappa shape index (κ3) is 3.75. The Kier molecular flexibility index (Phi) is 4.60. The van der Waals surface area contributed by atoms with Crippen molar-refractivity contribution in [1.82, 2.24) is 10.1 Å². The topological polar surface area (TPSA) is 86.2 Å². The van der Waals surface area contributed by atoms with Crippen molar-refractivity contribution in [1.29, 1.82) is 0 Å². The highest BCUT2D eigenvalue weighted by Crippen LogP contribution is 2.26. The van der Waals surface area contributed by atoms with Gasteiger partial charge >= 0.3 is 0 Å². The van der Waals surface area contributed by atoms with E-state index in [2.05, 4.69) is 10.1 Å². The van der Waals surface area contributed by atoms with Gasteiger partial charge in [0.2, 0.25) is 5.82 Å². The third-order valence-electron chi connectivity index (χ3n) is 4.32. The van der Waals surface area contributed by atoms with E-state index < -0.39 is 9.84 Å². The normalized spacial score (nSPS) is 11.6. The van der Waals surface area contributed by atoms with Crippen LogP contribution in [0.5, 0.6) is 0 Å². The molecule has 0 bridgehead atoms. The Morgan fingerprint density at radius 1 is 0.857 bits per heavy atom. The van der Waals surface area contributed by atoms with Gasteiger partial charge < -0.3 is 8.94 Å². The summed E-state index contributed by atoms with van der Waals surface area (Å²) in [5.74, 6) is 1.05. The summed E-state index contributed by atoms with van der Waals surface area (Å²) >= 11 is 0. The zero-order chi connectivity index (χ0) is 19.7. The zero-order valence-electron chi connectivity index (χ0n) is 15.4. The summed E-state index contributed by atoms with van der Waals surface area (Å²) in [6.07, 6.45) is 0. The van der Waals surface area contributed by atoms with Crippen LogP contribution in [0, 0.1) is 13.8 Å². The highest BCUT2D eigenvalue weighted by atomic mass is 32.2. The van der Waals surface area contributed by atoms with E-state index in [9.17, 15) is 8.42 Å². The molecule has 2 aromatic carbocycles. The molecule has 4 rings (SSSR count). The van der Waals surface area contributed by atoms with E-state index in [1.165, 1.54) is 0 Å². The molecule has 0 unspecified atom stereocenters. The summed E-state index contributed by atoms with van der Waals surface area (Å²) < 4.78 is 36.0. The van der Waals surface area contributed by atoms with Crippen LogP contribution in [-0.2, 0) is 15.6 Å². The lowest BCUT2D eigenvalue weighted by Crippen LogP contribution is -2.04. The first kappa shape index (κ1) is 18.2. The minimum Gasteiger partial charge on any atom is -0.455 e. The van der Waals surface area contributed by atoms with Gasteiger partial charge in [0, 0.05) is 5.56 Å². The van der Waals surface area contributed by atoms with Gasteiger partial charge in [0.25, 0.3) is 5.89 Å². The van der Waals surface area contributed by atoms with E-state index in [-0.39, 0.29) is 16.5 Å². The van der Waals surface area contributed by atoms with Crippen LogP contribution in [0.15, 0.2) is 74.5 Å². The summed E-state index contributed by atoms with van der Waals surface area (Å²) in [5.41, 5.74) is 2.97. The van der Waals surface area contributed by atoms with Gasteiger partial charge in [0.1, 0.15) is 11.5 Å². The smallest absolute Gasteiger partial charge is 0.293 e. The lowest BCUT2D eigenvalue weighted by Gasteiger charge is -2.02. The molecule has 2 heterocycles. The monoisotopic (exact) mass is 394 g/mol. The van der Waals surface area contributed by atoms with Crippen LogP contribution in [0.4, 0.5) is 0 Å². The van der Waals surface area contributed by atoms with Gasteiger partial charge in [-0.25, -0.2) is 8.42 Å². The van der Waals surface area contributed by atoms with E-state index in [4.69, 9.17) is 8.94 Å². The number of benzene rings is 2. The molecule has 0 amide bonds. The molecular formula is C21H18N2O4S. The Balaban J connectivity index is 1.55. The largest absolute Gasteiger partial charge is 0.455 e. The van der Waals surface area contributed by atoms with Crippen molar-refractivity contribution in [2.24, 2.45) is 0 Å². The number of hydrogen-bond acceptors (Lipinski definition) is 6. The average Bonchev–Trinajstić information content (AvgIpc) is 3.32. The van der Waals surface area contributed by atoms with Crippen molar-refractivity contribution < 1.29 is 17.4 Å². The number of aromatic nitrogens is 2. The van der Waals surface area contributed by atoms with Gasteiger partial charge in [-0.05, 0) is 38.1 Å². The number of aryl methyl sites for hydroxylation is 2. The SMILES string of the molecule is Cc1ccc(-c2noc(-c3ccc(CS(=O)(=O)c4ccc(C)cc4)o3)n2)cc1. The molecule has 0 aliphatic rings. The van der Waals surface area contributed by atoms with Crippen LogP contribution in [-0.4, -0.2) is 18.6 Å². The summed E-state index contributed by atoms with van der Waals surface area (Å²) in [7, 11) is -3.50. The molecule has 0 saturated heterocycles. The summed E-state index contributed by atoms with van der Waals surface area (Å²) in [4.78, 5) is 4.60. The average molecular weight is 394 g/mol. The van der Waals surface area contributed by atoms with Crippen LogP contribution >= 0.6 is 0 Å². The van der Waals surface area contributed by atoms with E-state index in [1.807, 2.05) is 38.1 Å². The predicted molar refractivity (Wildman–Crippen MR) is 104 cm³/mol. The van der Waals surface area contributed by atoms with Gasteiger partial charge in [0.05, 0.1) is 4.90 Å². The van der Waals surface area contributed by atoms with E-state index in [0.29, 0.717) is 17.3 Å². The first-order valence-electron chi connectivity index (χ1n) is 8.70. The van der Waals surface area contributed by atoms with Crippen molar-refractivity contribution in [3.05, 3.63) is 77.6 Å². The van der Waals surface area contributed by atoms with Gasteiger partial charge in [-0.15, -0.1) is 0 Å². The summed E-state index contributed by atoms with van der Waals surface area (Å²) in [5, 5.41) is 3.97. The maximum atomic E-state index is 12.6. The van der Waals surface area contributed by atoms with Crippen LogP contribution < -0.4 is 0 Å². The summed E-state index contributed by atoms with van der Waals surface area (Å²) in [6.45, 7) is 3.91. The molecule has 6 nitrogen and oxygen atoms in total. The molecule has 4 aromatic rings. The van der Waals surface area contributed by atoms with Crippen LogP contribution in [0.1, 0.15) is 16.9 Å². The molecular weight excluding hydrogens is 376 g/mol. The van der Waals surface area contributed by atoms with Gasteiger partial charge in [-0.3, -0.25) is 0 Å². The maximum absolute atomic E-state index is 12.6. The Bertz CT molecular complexity index is 1200. The lowest BCUT2D eigenvalue weighted by atomic mass is 10.1. The second-order valence-electron chi connectivity index (χ2n) is 6.63. The fourth-order valence-corrected chi connectivity index (χ4v) is 3.98.